The predicted molar refractivity (Wildman–Crippen MR) is 45.1 cm³/mol. The minimum absolute atomic E-state index is 0.189. The monoisotopic (exact) mass is 152 g/mol. The first kappa shape index (κ1) is 7.33. The van der Waals surface area contributed by atoms with E-state index in [-0.39, 0.29) is 22.7 Å². The molecule has 0 bridgehead atoms. The SMILES string of the molecule is Nc1cc(N=O)cc(N)c1N. The summed E-state index contributed by atoms with van der Waals surface area (Å²) in [5, 5.41) is 2.67. The van der Waals surface area contributed by atoms with Gasteiger partial charge in [0.1, 0.15) is 5.69 Å². The third-order valence-corrected chi connectivity index (χ3v) is 1.33. The number of rotatable bonds is 1. The molecule has 11 heavy (non-hydrogen) atoms. The summed E-state index contributed by atoms with van der Waals surface area (Å²) in [6, 6.07) is 2.75. The molecule has 6 N–H and O–H groups in total. The topological polar surface area (TPSA) is 107 Å². The second-order valence-electron chi connectivity index (χ2n) is 2.13. The maximum atomic E-state index is 10.0. The van der Waals surface area contributed by atoms with Crippen LogP contribution < -0.4 is 17.2 Å². The number of anilines is 3. The third kappa shape index (κ3) is 1.21. The standard InChI is InChI=1S/C6H8N4O/c7-4-1-3(10-11)2-5(8)6(4)9/h1-2H,7-9H2. The zero-order chi connectivity index (χ0) is 8.43. The van der Waals surface area contributed by atoms with E-state index < -0.39 is 0 Å². The molecule has 5 nitrogen and oxygen atoms in total. The zero-order valence-corrected chi connectivity index (χ0v) is 5.74. The molecule has 0 spiro atoms. The Morgan fingerprint density at radius 3 is 1.91 bits per heavy atom. The molecule has 0 aromatic heterocycles. The van der Waals surface area contributed by atoms with Crippen LogP contribution in [0, 0.1) is 4.91 Å². The summed E-state index contributed by atoms with van der Waals surface area (Å²) in [5.41, 5.74) is 17.2. The molecule has 58 valence electrons. The van der Waals surface area contributed by atoms with E-state index >= 15 is 0 Å². The van der Waals surface area contributed by atoms with Crippen molar-refractivity contribution in [3.63, 3.8) is 0 Å². The Hall–Kier alpha value is -1.78. The van der Waals surface area contributed by atoms with E-state index in [0.29, 0.717) is 0 Å². The average Bonchev–Trinajstić information content (AvgIpc) is 1.99. The maximum Gasteiger partial charge on any atom is 0.112 e. The van der Waals surface area contributed by atoms with Crippen LogP contribution in [0.2, 0.25) is 0 Å². The molecular weight excluding hydrogens is 144 g/mol. The molecule has 0 aliphatic carbocycles. The van der Waals surface area contributed by atoms with Crippen LogP contribution in [0.15, 0.2) is 17.3 Å². The van der Waals surface area contributed by atoms with Crippen molar-refractivity contribution < 1.29 is 0 Å². The zero-order valence-electron chi connectivity index (χ0n) is 5.74. The highest BCUT2D eigenvalue weighted by Crippen LogP contribution is 2.28. The van der Waals surface area contributed by atoms with Gasteiger partial charge in [0.15, 0.2) is 0 Å². The summed E-state index contributed by atoms with van der Waals surface area (Å²) in [5.74, 6) is 0. The lowest BCUT2D eigenvalue weighted by atomic mass is 10.2. The molecule has 0 aliphatic heterocycles. The van der Waals surface area contributed by atoms with Crippen molar-refractivity contribution in [3.8, 4) is 0 Å². The number of nitroso groups, excluding NO2 is 1. The first-order valence-corrected chi connectivity index (χ1v) is 2.93. The average molecular weight is 152 g/mol. The molecule has 0 aliphatic rings. The highest BCUT2D eigenvalue weighted by molar-refractivity contribution is 5.80. The van der Waals surface area contributed by atoms with E-state index in [1.165, 1.54) is 12.1 Å². The van der Waals surface area contributed by atoms with E-state index in [9.17, 15) is 4.91 Å². The molecule has 5 heteroatoms. The van der Waals surface area contributed by atoms with Gasteiger partial charge in [-0.25, -0.2) is 0 Å². The minimum Gasteiger partial charge on any atom is -0.397 e. The number of nitrogen functional groups attached to an aromatic ring is 3. The van der Waals surface area contributed by atoms with Crippen molar-refractivity contribution in [1.82, 2.24) is 0 Å². The van der Waals surface area contributed by atoms with Crippen molar-refractivity contribution >= 4 is 22.7 Å². The predicted octanol–water partition coefficient (Wildman–Crippen LogP) is 0.831. The van der Waals surface area contributed by atoms with E-state index in [1.54, 1.807) is 0 Å². The van der Waals surface area contributed by atoms with Crippen molar-refractivity contribution in [2.24, 2.45) is 5.18 Å². The van der Waals surface area contributed by atoms with Crippen molar-refractivity contribution in [2.45, 2.75) is 0 Å². The van der Waals surface area contributed by atoms with Gasteiger partial charge in [-0.1, -0.05) is 0 Å². The lowest BCUT2D eigenvalue weighted by Gasteiger charge is -2.02. The minimum atomic E-state index is 0.189. The molecule has 0 fully saturated rings. The molecule has 0 atom stereocenters. The highest BCUT2D eigenvalue weighted by Gasteiger charge is 2.01. The Balaban J connectivity index is 3.31. The van der Waals surface area contributed by atoms with Gasteiger partial charge >= 0.3 is 0 Å². The van der Waals surface area contributed by atoms with Gasteiger partial charge in [0.2, 0.25) is 0 Å². The summed E-state index contributed by atoms with van der Waals surface area (Å²) in [7, 11) is 0. The normalized spacial score (nSPS) is 9.45. The Morgan fingerprint density at radius 2 is 1.55 bits per heavy atom. The summed E-state index contributed by atoms with van der Waals surface area (Å²) < 4.78 is 0. The lowest BCUT2D eigenvalue weighted by Crippen LogP contribution is -1.99. The second kappa shape index (κ2) is 2.45. The Morgan fingerprint density at radius 1 is 1.09 bits per heavy atom. The number of hydrogen-bond donors (Lipinski definition) is 3. The summed E-state index contributed by atoms with van der Waals surface area (Å²) in [6.07, 6.45) is 0. The van der Waals surface area contributed by atoms with E-state index in [0.717, 1.165) is 0 Å². The van der Waals surface area contributed by atoms with Gasteiger partial charge in [-0.2, -0.15) is 0 Å². The van der Waals surface area contributed by atoms with Crippen LogP contribution in [-0.4, -0.2) is 0 Å². The summed E-state index contributed by atoms with van der Waals surface area (Å²) in [6.45, 7) is 0. The summed E-state index contributed by atoms with van der Waals surface area (Å²) >= 11 is 0. The Bertz CT molecular complexity index is 274. The molecule has 1 aromatic carbocycles. The first-order valence-electron chi connectivity index (χ1n) is 2.93. The van der Waals surface area contributed by atoms with Crippen LogP contribution in [0.1, 0.15) is 0 Å². The van der Waals surface area contributed by atoms with E-state index in [1.807, 2.05) is 0 Å². The molecule has 0 radical (unpaired) electrons. The van der Waals surface area contributed by atoms with Crippen LogP contribution in [0.25, 0.3) is 0 Å². The van der Waals surface area contributed by atoms with Crippen LogP contribution >= 0.6 is 0 Å². The molecule has 0 saturated carbocycles. The number of hydrogen-bond acceptors (Lipinski definition) is 5. The molecule has 0 amide bonds. The number of nitrogens with two attached hydrogens (primary N) is 3. The Labute approximate surface area is 63.1 Å². The van der Waals surface area contributed by atoms with Gasteiger partial charge in [-0.15, -0.1) is 4.91 Å². The summed E-state index contributed by atoms with van der Waals surface area (Å²) in [4.78, 5) is 10.0. The lowest BCUT2D eigenvalue weighted by molar-refractivity contribution is 1.50. The number of benzene rings is 1. The van der Waals surface area contributed by atoms with E-state index in [2.05, 4.69) is 5.18 Å². The van der Waals surface area contributed by atoms with Gasteiger partial charge in [0, 0.05) is 0 Å². The van der Waals surface area contributed by atoms with Gasteiger partial charge in [-0.05, 0) is 17.3 Å². The van der Waals surface area contributed by atoms with Gasteiger partial charge in [0.05, 0.1) is 17.1 Å². The van der Waals surface area contributed by atoms with Crippen LogP contribution in [0.5, 0.6) is 0 Å². The van der Waals surface area contributed by atoms with Gasteiger partial charge in [-0.3, -0.25) is 0 Å². The smallest absolute Gasteiger partial charge is 0.112 e. The van der Waals surface area contributed by atoms with Gasteiger partial charge in [0.25, 0.3) is 0 Å². The molecule has 0 unspecified atom stereocenters. The van der Waals surface area contributed by atoms with Crippen molar-refractivity contribution in [3.05, 3.63) is 17.0 Å². The molecule has 0 heterocycles. The molecule has 1 aromatic rings. The van der Waals surface area contributed by atoms with Crippen molar-refractivity contribution in [2.75, 3.05) is 17.2 Å². The Kier molecular flexibility index (Phi) is 1.63. The van der Waals surface area contributed by atoms with Crippen LogP contribution in [-0.2, 0) is 0 Å². The first-order chi connectivity index (χ1) is 5.15. The van der Waals surface area contributed by atoms with Crippen molar-refractivity contribution in [1.29, 1.82) is 0 Å². The van der Waals surface area contributed by atoms with Crippen LogP contribution in [0.3, 0.4) is 0 Å². The van der Waals surface area contributed by atoms with Gasteiger partial charge < -0.3 is 17.2 Å². The molecule has 1 rings (SSSR count). The molecule has 0 saturated heterocycles. The fraction of sp³-hybridized carbons (Fsp3) is 0. The fourth-order valence-corrected chi connectivity index (χ4v) is 0.735. The largest absolute Gasteiger partial charge is 0.397 e. The second-order valence-corrected chi connectivity index (χ2v) is 2.13. The maximum absolute atomic E-state index is 10.0. The van der Waals surface area contributed by atoms with E-state index in [4.69, 9.17) is 17.2 Å². The fourth-order valence-electron chi connectivity index (χ4n) is 0.735. The molecular formula is C6H8N4O. The van der Waals surface area contributed by atoms with Crippen LogP contribution in [0.4, 0.5) is 22.7 Å². The quantitative estimate of drug-likeness (QED) is 0.409. The number of nitrogens with zero attached hydrogens (tertiary/aromatic N) is 1. The third-order valence-electron chi connectivity index (χ3n) is 1.33. The highest BCUT2D eigenvalue weighted by atomic mass is 16.3.